The molecule has 1 atom stereocenters. The molecule has 8 heteroatoms. The van der Waals surface area contributed by atoms with Gasteiger partial charge in [0.15, 0.2) is 0 Å². The van der Waals surface area contributed by atoms with Crippen molar-refractivity contribution in [1.29, 1.82) is 0 Å². The third-order valence-corrected chi connectivity index (χ3v) is 5.86. The fourth-order valence-electron chi connectivity index (χ4n) is 1.60. The second-order valence-electron chi connectivity index (χ2n) is 6.03. The van der Waals surface area contributed by atoms with Gasteiger partial charge in [0.05, 0.1) is 15.9 Å². The van der Waals surface area contributed by atoms with Gasteiger partial charge >= 0.3 is 0 Å². The molecule has 0 N–H and O–H groups in total. The SMILES string of the molecule is Cc1ccc(S(=O)(=O)n2ccc(/C=N/[S@@](=O)C(C)(C)C)n2)cc1. The molecule has 0 saturated carbocycles. The minimum atomic E-state index is -3.73. The molecule has 1 aromatic carbocycles. The van der Waals surface area contributed by atoms with E-state index < -0.39 is 25.8 Å². The van der Waals surface area contributed by atoms with Crippen molar-refractivity contribution >= 4 is 27.2 Å². The molecule has 0 saturated heterocycles. The Balaban J connectivity index is 2.27. The molecule has 23 heavy (non-hydrogen) atoms. The van der Waals surface area contributed by atoms with Crippen molar-refractivity contribution in [3.8, 4) is 0 Å². The van der Waals surface area contributed by atoms with Gasteiger partial charge in [-0.1, -0.05) is 17.7 Å². The highest BCUT2D eigenvalue weighted by Crippen LogP contribution is 2.15. The van der Waals surface area contributed by atoms with Gasteiger partial charge in [0.25, 0.3) is 10.0 Å². The van der Waals surface area contributed by atoms with Gasteiger partial charge < -0.3 is 0 Å². The summed E-state index contributed by atoms with van der Waals surface area (Å²) in [7, 11) is -5.15. The molecule has 0 unspecified atom stereocenters. The summed E-state index contributed by atoms with van der Waals surface area (Å²) >= 11 is 0. The van der Waals surface area contributed by atoms with Crippen LogP contribution in [0.2, 0.25) is 0 Å². The van der Waals surface area contributed by atoms with Crippen molar-refractivity contribution in [3.05, 3.63) is 47.8 Å². The lowest BCUT2D eigenvalue weighted by Gasteiger charge is -2.12. The average molecular weight is 353 g/mol. The molecule has 0 radical (unpaired) electrons. The van der Waals surface area contributed by atoms with E-state index in [4.69, 9.17) is 0 Å². The molecule has 2 rings (SSSR count). The average Bonchev–Trinajstić information content (AvgIpc) is 2.93. The minimum absolute atomic E-state index is 0.160. The maximum absolute atomic E-state index is 12.5. The van der Waals surface area contributed by atoms with E-state index >= 15 is 0 Å². The lowest BCUT2D eigenvalue weighted by molar-refractivity contribution is 0.580. The first kappa shape index (κ1) is 17.6. The maximum atomic E-state index is 12.5. The topological polar surface area (TPSA) is 81.4 Å². The van der Waals surface area contributed by atoms with Crippen molar-refractivity contribution in [2.24, 2.45) is 4.40 Å². The number of aryl methyl sites for hydroxylation is 1. The number of hydrogen-bond donors (Lipinski definition) is 0. The van der Waals surface area contributed by atoms with E-state index in [0.717, 1.165) is 9.65 Å². The van der Waals surface area contributed by atoms with E-state index in [1.165, 1.54) is 30.6 Å². The van der Waals surface area contributed by atoms with Gasteiger partial charge in [-0.25, -0.2) is 4.21 Å². The predicted molar refractivity (Wildman–Crippen MR) is 91.5 cm³/mol. The zero-order chi connectivity index (χ0) is 17.3. The largest absolute Gasteiger partial charge is 0.282 e. The Bertz CT molecular complexity index is 845. The lowest BCUT2D eigenvalue weighted by Crippen LogP contribution is -2.19. The Morgan fingerprint density at radius 3 is 2.35 bits per heavy atom. The smallest absolute Gasteiger partial charge is 0.234 e. The van der Waals surface area contributed by atoms with E-state index in [9.17, 15) is 12.6 Å². The first-order valence-electron chi connectivity index (χ1n) is 6.95. The Morgan fingerprint density at radius 2 is 1.78 bits per heavy atom. The van der Waals surface area contributed by atoms with Gasteiger partial charge in [-0.05, 0) is 45.9 Å². The number of rotatable bonds is 4. The second-order valence-corrected chi connectivity index (χ2v) is 9.76. The summed E-state index contributed by atoms with van der Waals surface area (Å²) in [6, 6.07) is 8.04. The molecule has 124 valence electrons. The molecule has 0 spiro atoms. The summed E-state index contributed by atoms with van der Waals surface area (Å²) in [6.45, 7) is 7.30. The molecule has 2 aromatic rings. The summed E-state index contributed by atoms with van der Waals surface area (Å²) in [6.07, 6.45) is 2.67. The standard InChI is InChI=1S/C15H19N3O3S2/c1-12-5-7-14(8-6-12)23(20,21)18-10-9-13(17-18)11-16-22(19)15(2,3)4/h5-11H,1-4H3/b16-11+/t22-/m0/s1. The summed E-state index contributed by atoms with van der Waals surface area (Å²) in [5.41, 5.74) is 1.31. The van der Waals surface area contributed by atoms with Gasteiger partial charge in [0.2, 0.25) is 0 Å². The molecule has 0 aliphatic carbocycles. The number of hydrogen-bond acceptors (Lipinski definition) is 4. The first-order chi connectivity index (χ1) is 10.6. The Hall–Kier alpha value is -1.80. The number of benzene rings is 1. The fourth-order valence-corrected chi connectivity index (χ4v) is 3.24. The van der Waals surface area contributed by atoms with E-state index in [1.807, 2.05) is 6.92 Å². The van der Waals surface area contributed by atoms with Crippen LogP contribution in [0, 0.1) is 6.92 Å². The molecule has 6 nitrogen and oxygen atoms in total. The molecule has 0 fully saturated rings. The Morgan fingerprint density at radius 1 is 1.17 bits per heavy atom. The minimum Gasteiger partial charge on any atom is -0.234 e. The van der Waals surface area contributed by atoms with E-state index in [1.54, 1.807) is 32.9 Å². The molecular weight excluding hydrogens is 334 g/mol. The summed E-state index contributed by atoms with van der Waals surface area (Å²) < 4.78 is 41.1. The normalized spacial score (nSPS) is 14.3. The molecule has 0 bridgehead atoms. The molecule has 0 amide bonds. The van der Waals surface area contributed by atoms with E-state index in [2.05, 4.69) is 9.50 Å². The van der Waals surface area contributed by atoms with Crippen LogP contribution in [0.1, 0.15) is 32.0 Å². The van der Waals surface area contributed by atoms with Crippen molar-refractivity contribution in [2.45, 2.75) is 37.3 Å². The van der Waals surface area contributed by atoms with E-state index in [0.29, 0.717) is 5.69 Å². The zero-order valence-corrected chi connectivity index (χ0v) is 15.1. The van der Waals surface area contributed by atoms with Crippen LogP contribution in [0.25, 0.3) is 0 Å². The monoisotopic (exact) mass is 353 g/mol. The van der Waals surface area contributed by atoms with Gasteiger partial charge in [-0.3, -0.25) is 0 Å². The molecule has 0 aliphatic rings. The number of aromatic nitrogens is 2. The van der Waals surface area contributed by atoms with E-state index in [-0.39, 0.29) is 4.90 Å². The van der Waals surface area contributed by atoms with Gasteiger partial charge in [0, 0.05) is 6.20 Å². The second kappa shape index (κ2) is 6.37. The van der Waals surface area contributed by atoms with Crippen LogP contribution < -0.4 is 0 Å². The molecule has 1 heterocycles. The van der Waals surface area contributed by atoms with Gasteiger partial charge in [0.1, 0.15) is 16.7 Å². The number of nitrogens with zero attached hydrogens (tertiary/aromatic N) is 3. The predicted octanol–water partition coefficient (Wildman–Crippen LogP) is 2.31. The summed E-state index contributed by atoms with van der Waals surface area (Å²) in [5, 5.41) is 3.98. The highest BCUT2D eigenvalue weighted by Gasteiger charge is 2.19. The van der Waals surface area contributed by atoms with Crippen LogP contribution >= 0.6 is 0 Å². The van der Waals surface area contributed by atoms with Crippen molar-refractivity contribution < 1.29 is 12.6 Å². The summed E-state index contributed by atoms with van der Waals surface area (Å²) in [5.74, 6) is 0. The summed E-state index contributed by atoms with van der Waals surface area (Å²) in [4.78, 5) is 0.160. The Kier molecular flexibility index (Phi) is 4.86. The first-order valence-corrected chi connectivity index (χ1v) is 9.49. The maximum Gasteiger partial charge on any atom is 0.282 e. The zero-order valence-electron chi connectivity index (χ0n) is 13.4. The van der Waals surface area contributed by atoms with Gasteiger partial charge in [-0.2, -0.15) is 22.0 Å². The van der Waals surface area contributed by atoms with Crippen molar-refractivity contribution in [2.75, 3.05) is 0 Å². The van der Waals surface area contributed by atoms with Crippen LogP contribution in [0.4, 0.5) is 0 Å². The van der Waals surface area contributed by atoms with Crippen LogP contribution in [-0.2, 0) is 21.0 Å². The van der Waals surface area contributed by atoms with Gasteiger partial charge in [-0.15, -0.1) is 0 Å². The highest BCUT2D eigenvalue weighted by atomic mass is 32.2. The lowest BCUT2D eigenvalue weighted by atomic mass is 10.2. The Labute approximate surface area is 138 Å². The fraction of sp³-hybridized carbons (Fsp3) is 0.333. The third kappa shape index (κ3) is 4.14. The molecule has 0 aliphatic heterocycles. The van der Waals surface area contributed by atoms with Crippen LogP contribution in [0.15, 0.2) is 45.8 Å². The van der Waals surface area contributed by atoms with Crippen LogP contribution in [0.3, 0.4) is 0 Å². The van der Waals surface area contributed by atoms with Crippen LogP contribution in [-0.4, -0.2) is 32.8 Å². The van der Waals surface area contributed by atoms with Crippen molar-refractivity contribution in [3.63, 3.8) is 0 Å². The third-order valence-electron chi connectivity index (χ3n) is 2.96. The van der Waals surface area contributed by atoms with Crippen molar-refractivity contribution in [1.82, 2.24) is 9.19 Å². The molecule has 1 aromatic heterocycles. The molecular formula is C15H19N3O3S2. The quantitative estimate of drug-likeness (QED) is 0.790. The van der Waals surface area contributed by atoms with Crippen LogP contribution in [0.5, 0.6) is 0 Å². The highest BCUT2D eigenvalue weighted by molar-refractivity contribution is 7.89.